The number of rotatable bonds is 6. The number of benzene rings is 2. The smallest absolute Gasteiger partial charge is 0.133 e. The van der Waals surface area contributed by atoms with Crippen molar-refractivity contribution < 1.29 is 4.74 Å². The molecule has 1 unspecified atom stereocenters. The number of halogens is 2. The summed E-state index contributed by atoms with van der Waals surface area (Å²) in [5, 5.41) is 3.29. The summed E-state index contributed by atoms with van der Waals surface area (Å²) in [5.41, 5.74) is 2.64. The summed E-state index contributed by atoms with van der Waals surface area (Å²) in [6.45, 7) is 0.950. The van der Waals surface area contributed by atoms with Crippen molar-refractivity contribution in [2.24, 2.45) is 0 Å². The van der Waals surface area contributed by atoms with Gasteiger partial charge in [0, 0.05) is 16.9 Å². The van der Waals surface area contributed by atoms with Crippen LogP contribution in [0.15, 0.2) is 51.4 Å². The zero-order chi connectivity index (χ0) is 15.2. The molecule has 112 valence electrons. The highest BCUT2D eigenvalue weighted by Crippen LogP contribution is 2.28. The van der Waals surface area contributed by atoms with Crippen molar-refractivity contribution in [1.29, 1.82) is 0 Å². The Bertz CT molecular complexity index is 584. The lowest BCUT2D eigenvalue weighted by atomic mass is 9.92. The van der Waals surface area contributed by atoms with E-state index < -0.39 is 0 Å². The van der Waals surface area contributed by atoms with Gasteiger partial charge in [0.15, 0.2) is 0 Å². The van der Waals surface area contributed by atoms with Gasteiger partial charge in [-0.2, -0.15) is 0 Å². The van der Waals surface area contributed by atoms with Crippen molar-refractivity contribution in [2.45, 2.75) is 12.3 Å². The Morgan fingerprint density at radius 3 is 2.38 bits per heavy atom. The Balaban J connectivity index is 2.19. The minimum absolute atomic E-state index is 0.448. The Labute approximate surface area is 143 Å². The number of nitrogens with one attached hydrogen (secondary N) is 1. The molecule has 0 aliphatic carbocycles. The van der Waals surface area contributed by atoms with Gasteiger partial charge < -0.3 is 10.1 Å². The average molecular weight is 413 g/mol. The van der Waals surface area contributed by atoms with Crippen LogP contribution in [0.5, 0.6) is 5.75 Å². The SMILES string of the molecule is CNCC(Cc1ccc(OC)c(Br)c1)c1ccc(Br)cc1. The fourth-order valence-electron chi connectivity index (χ4n) is 2.41. The normalized spacial score (nSPS) is 12.2. The second kappa shape index (κ2) is 7.97. The summed E-state index contributed by atoms with van der Waals surface area (Å²) in [7, 11) is 3.68. The fraction of sp³-hybridized carbons (Fsp3) is 0.294. The van der Waals surface area contributed by atoms with Gasteiger partial charge in [-0.05, 0) is 64.8 Å². The van der Waals surface area contributed by atoms with Gasteiger partial charge in [-0.15, -0.1) is 0 Å². The lowest BCUT2D eigenvalue weighted by molar-refractivity contribution is 0.412. The third-order valence-electron chi connectivity index (χ3n) is 3.49. The molecule has 2 nitrogen and oxygen atoms in total. The average Bonchev–Trinajstić information content (AvgIpc) is 2.48. The number of hydrogen-bond donors (Lipinski definition) is 1. The van der Waals surface area contributed by atoms with E-state index in [9.17, 15) is 0 Å². The predicted molar refractivity (Wildman–Crippen MR) is 95.2 cm³/mol. The van der Waals surface area contributed by atoms with Gasteiger partial charge in [0.2, 0.25) is 0 Å². The van der Waals surface area contributed by atoms with Gasteiger partial charge in [-0.3, -0.25) is 0 Å². The van der Waals surface area contributed by atoms with Gasteiger partial charge in [0.25, 0.3) is 0 Å². The maximum Gasteiger partial charge on any atom is 0.133 e. The first-order chi connectivity index (χ1) is 10.1. The first-order valence-electron chi connectivity index (χ1n) is 6.86. The van der Waals surface area contributed by atoms with E-state index in [0.29, 0.717) is 5.92 Å². The molecule has 1 atom stereocenters. The Hall–Kier alpha value is -0.840. The molecule has 0 radical (unpaired) electrons. The van der Waals surface area contributed by atoms with E-state index in [1.165, 1.54) is 11.1 Å². The largest absolute Gasteiger partial charge is 0.496 e. The maximum atomic E-state index is 5.29. The van der Waals surface area contributed by atoms with Crippen molar-refractivity contribution in [3.63, 3.8) is 0 Å². The standard InChI is InChI=1S/C17H19Br2NO/c1-20-11-14(13-4-6-15(18)7-5-13)9-12-3-8-17(21-2)16(19)10-12/h3-8,10,14,20H,9,11H2,1-2H3. The highest BCUT2D eigenvalue weighted by molar-refractivity contribution is 9.10. The van der Waals surface area contributed by atoms with E-state index in [-0.39, 0.29) is 0 Å². The van der Waals surface area contributed by atoms with E-state index in [4.69, 9.17) is 4.74 Å². The molecule has 0 saturated carbocycles. The lowest BCUT2D eigenvalue weighted by Crippen LogP contribution is -2.19. The van der Waals surface area contributed by atoms with Gasteiger partial charge in [-0.25, -0.2) is 0 Å². The number of methoxy groups -OCH3 is 1. The van der Waals surface area contributed by atoms with Crippen molar-refractivity contribution in [2.75, 3.05) is 20.7 Å². The Morgan fingerprint density at radius 1 is 1.10 bits per heavy atom. The molecule has 0 bridgehead atoms. The highest BCUT2D eigenvalue weighted by atomic mass is 79.9. The van der Waals surface area contributed by atoms with Crippen LogP contribution in [-0.4, -0.2) is 20.7 Å². The summed E-state index contributed by atoms with van der Waals surface area (Å²) >= 11 is 7.05. The molecule has 0 aliphatic rings. The van der Waals surface area contributed by atoms with Crippen molar-refractivity contribution in [3.8, 4) is 5.75 Å². The quantitative estimate of drug-likeness (QED) is 0.737. The van der Waals surface area contributed by atoms with Crippen LogP contribution < -0.4 is 10.1 Å². The number of hydrogen-bond acceptors (Lipinski definition) is 2. The van der Waals surface area contributed by atoms with Crippen LogP contribution in [-0.2, 0) is 6.42 Å². The van der Waals surface area contributed by atoms with E-state index in [1.54, 1.807) is 7.11 Å². The molecule has 0 aromatic heterocycles. The number of ether oxygens (including phenoxy) is 1. The summed E-state index contributed by atoms with van der Waals surface area (Å²) in [4.78, 5) is 0. The van der Waals surface area contributed by atoms with Gasteiger partial charge >= 0.3 is 0 Å². The summed E-state index contributed by atoms with van der Waals surface area (Å²) in [6.07, 6.45) is 0.991. The zero-order valence-corrected chi connectivity index (χ0v) is 15.4. The topological polar surface area (TPSA) is 21.3 Å². The van der Waals surface area contributed by atoms with E-state index in [2.05, 4.69) is 73.6 Å². The molecule has 0 heterocycles. The maximum absolute atomic E-state index is 5.29. The molecule has 2 aromatic rings. The molecular weight excluding hydrogens is 394 g/mol. The van der Waals surface area contributed by atoms with Crippen molar-refractivity contribution >= 4 is 31.9 Å². The predicted octanol–water partition coefficient (Wildman–Crippen LogP) is 4.77. The molecule has 0 saturated heterocycles. The van der Waals surface area contributed by atoms with Crippen LogP contribution in [0.2, 0.25) is 0 Å². The summed E-state index contributed by atoms with van der Waals surface area (Å²) in [6, 6.07) is 14.8. The van der Waals surface area contributed by atoms with Crippen LogP contribution in [0.4, 0.5) is 0 Å². The third-order valence-corrected chi connectivity index (χ3v) is 4.64. The third kappa shape index (κ3) is 4.56. The second-order valence-electron chi connectivity index (χ2n) is 4.98. The monoisotopic (exact) mass is 411 g/mol. The molecule has 0 fully saturated rings. The van der Waals surface area contributed by atoms with Crippen LogP contribution in [0, 0.1) is 0 Å². The zero-order valence-electron chi connectivity index (χ0n) is 12.2. The second-order valence-corrected chi connectivity index (χ2v) is 6.75. The van der Waals surface area contributed by atoms with Crippen LogP contribution >= 0.6 is 31.9 Å². The Morgan fingerprint density at radius 2 is 1.81 bits per heavy atom. The molecule has 0 spiro atoms. The van der Waals surface area contributed by atoms with Crippen molar-refractivity contribution in [3.05, 3.63) is 62.5 Å². The fourth-order valence-corrected chi connectivity index (χ4v) is 3.26. The minimum Gasteiger partial charge on any atom is -0.496 e. The van der Waals surface area contributed by atoms with E-state index in [1.807, 2.05) is 13.1 Å². The molecule has 0 amide bonds. The van der Waals surface area contributed by atoms with Crippen LogP contribution in [0.1, 0.15) is 17.0 Å². The summed E-state index contributed by atoms with van der Waals surface area (Å²) < 4.78 is 7.40. The highest BCUT2D eigenvalue weighted by Gasteiger charge is 2.13. The molecule has 4 heteroatoms. The van der Waals surface area contributed by atoms with Crippen molar-refractivity contribution in [1.82, 2.24) is 5.32 Å². The summed E-state index contributed by atoms with van der Waals surface area (Å²) in [5.74, 6) is 1.32. The van der Waals surface area contributed by atoms with E-state index in [0.717, 1.165) is 27.7 Å². The molecule has 0 aliphatic heterocycles. The first kappa shape index (κ1) is 16.5. The van der Waals surface area contributed by atoms with Gasteiger partial charge in [0.05, 0.1) is 11.6 Å². The van der Waals surface area contributed by atoms with E-state index >= 15 is 0 Å². The molecule has 2 aromatic carbocycles. The van der Waals surface area contributed by atoms with Crippen LogP contribution in [0.3, 0.4) is 0 Å². The first-order valence-corrected chi connectivity index (χ1v) is 8.45. The lowest BCUT2D eigenvalue weighted by Gasteiger charge is -2.18. The van der Waals surface area contributed by atoms with Gasteiger partial charge in [-0.1, -0.05) is 34.1 Å². The molecule has 1 N–H and O–H groups in total. The Kier molecular flexibility index (Phi) is 6.27. The van der Waals surface area contributed by atoms with Crippen LogP contribution in [0.25, 0.3) is 0 Å². The number of likely N-dealkylation sites (N-methyl/N-ethyl adjacent to an activating group) is 1. The minimum atomic E-state index is 0.448. The molecule has 2 rings (SSSR count). The molecule has 21 heavy (non-hydrogen) atoms. The van der Waals surface area contributed by atoms with Gasteiger partial charge in [0.1, 0.15) is 5.75 Å². The molecular formula is C17H19Br2NO.